The van der Waals surface area contributed by atoms with E-state index in [0.717, 1.165) is 16.7 Å². The van der Waals surface area contributed by atoms with Crippen molar-refractivity contribution in [1.82, 2.24) is 5.43 Å². The number of anilines is 1. The molecule has 0 fully saturated rings. The van der Waals surface area contributed by atoms with Crippen LogP contribution in [0.25, 0.3) is 11.1 Å². The Balaban J connectivity index is 1.37. The summed E-state index contributed by atoms with van der Waals surface area (Å²) in [4.78, 5) is 24.7. The maximum Gasteiger partial charge on any atom is 0.271 e. The quantitative estimate of drug-likeness (QED) is 0.300. The van der Waals surface area contributed by atoms with Crippen molar-refractivity contribution in [2.24, 2.45) is 5.10 Å². The SMILES string of the molecule is C/C(=N\NC(=O)c1ccccc1)c1ccc(NC(=O)c2ccc(-c3ccccc3)cc2)cc1. The molecule has 5 nitrogen and oxygen atoms in total. The van der Waals surface area contributed by atoms with E-state index in [1.165, 1.54) is 0 Å². The smallest absolute Gasteiger partial charge is 0.271 e. The molecule has 4 aromatic rings. The number of rotatable bonds is 6. The van der Waals surface area contributed by atoms with Crippen molar-refractivity contribution in [3.8, 4) is 11.1 Å². The van der Waals surface area contributed by atoms with Crippen LogP contribution in [0.15, 0.2) is 114 Å². The lowest BCUT2D eigenvalue weighted by atomic mass is 10.0. The molecule has 0 saturated carbocycles. The summed E-state index contributed by atoms with van der Waals surface area (Å²) >= 11 is 0. The van der Waals surface area contributed by atoms with Crippen molar-refractivity contribution in [3.05, 3.63) is 126 Å². The molecule has 0 saturated heterocycles. The molecule has 0 atom stereocenters. The summed E-state index contributed by atoms with van der Waals surface area (Å²) in [5.74, 6) is -0.444. The van der Waals surface area contributed by atoms with Gasteiger partial charge in [-0.1, -0.05) is 72.8 Å². The second kappa shape index (κ2) is 10.2. The van der Waals surface area contributed by atoms with Gasteiger partial charge < -0.3 is 5.32 Å². The van der Waals surface area contributed by atoms with Gasteiger partial charge in [0, 0.05) is 16.8 Å². The number of carbonyl (C=O) groups is 2. The minimum absolute atomic E-state index is 0.178. The zero-order valence-corrected chi connectivity index (χ0v) is 18.2. The van der Waals surface area contributed by atoms with Gasteiger partial charge in [0.05, 0.1) is 5.71 Å². The van der Waals surface area contributed by atoms with Gasteiger partial charge in [0.2, 0.25) is 0 Å². The fourth-order valence-electron chi connectivity index (χ4n) is 3.30. The number of hydrogen-bond acceptors (Lipinski definition) is 3. The van der Waals surface area contributed by atoms with E-state index in [9.17, 15) is 9.59 Å². The number of nitrogens with one attached hydrogen (secondary N) is 2. The predicted molar refractivity (Wildman–Crippen MR) is 132 cm³/mol. The predicted octanol–water partition coefficient (Wildman–Crippen LogP) is 5.76. The molecule has 0 bridgehead atoms. The number of hydrazone groups is 1. The van der Waals surface area contributed by atoms with Gasteiger partial charge in [-0.3, -0.25) is 9.59 Å². The van der Waals surface area contributed by atoms with Gasteiger partial charge in [0.25, 0.3) is 11.8 Å². The second-order valence-electron chi connectivity index (χ2n) is 7.48. The van der Waals surface area contributed by atoms with Gasteiger partial charge in [0.15, 0.2) is 0 Å². The van der Waals surface area contributed by atoms with E-state index < -0.39 is 0 Å². The zero-order chi connectivity index (χ0) is 23.0. The summed E-state index contributed by atoms with van der Waals surface area (Å²) in [5, 5.41) is 7.08. The molecule has 33 heavy (non-hydrogen) atoms. The minimum atomic E-state index is -0.267. The largest absolute Gasteiger partial charge is 0.322 e. The highest BCUT2D eigenvalue weighted by Gasteiger charge is 2.08. The van der Waals surface area contributed by atoms with Crippen LogP contribution in [0, 0.1) is 0 Å². The van der Waals surface area contributed by atoms with Gasteiger partial charge >= 0.3 is 0 Å². The first kappa shape index (κ1) is 21.7. The molecule has 2 N–H and O–H groups in total. The fourth-order valence-corrected chi connectivity index (χ4v) is 3.30. The van der Waals surface area contributed by atoms with Crippen molar-refractivity contribution < 1.29 is 9.59 Å². The van der Waals surface area contributed by atoms with Gasteiger partial charge in [-0.2, -0.15) is 5.10 Å². The van der Waals surface area contributed by atoms with E-state index in [0.29, 0.717) is 22.5 Å². The molecule has 0 aliphatic carbocycles. The Morgan fingerprint density at radius 3 is 1.73 bits per heavy atom. The van der Waals surface area contributed by atoms with Gasteiger partial charge in [-0.05, 0) is 60.0 Å². The highest BCUT2D eigenvalue weighted by Crippen LogP contribution is 2.20. The fraction of sp³-hybridized carbons (Fsp3) is 0.0357. The average molecular weight is 434 g/mol. The van der Waals surface area contributed by atoms with E-state index in [-0.39, 0.29) is 11.8 Å². The van der Waals surface area contributed by atoms with Crippen molar-refractivity contribution in [2.75, 3.05) is 5.32 Å². The molecule has 0 aliphatic heterocycles. The number of carbonyl (C=O) groups excluding carboxylic acids is 2. The first-order valence-corrected chi connectivity index (χ1v) is 10.6. The molecule has 0 aliphatic rings. The summed E-state index contributed by atoms with van der Waals surface area (Å²) < 4.78 is 0. The molecule has 4 aromatic carbocycles. The third kappa shape index (κ3) is 5.60. The number of hydrogen-bond donors (Lipinski definition) is 2. The van der Waals surface area contributed by atoms with Crippen LogP contribution in [0.1, 0.15) is 33.2 Å². The average Bonchev–Trinajstić information content (AvgIpc) is 2.88. The van der Waals surface area contributed by atoms with Crippen LogP contribution in [0.5, 0.6) is 0 Å². The molecular weight excluding hydrogens is 410 g/mol. The molecule has 0 spiro atoms. The van der Waals surface area contributed by atoms with Crippen LogP contribution < -0.4 is 10.7 Å². The first-order valence-electron chi connectivity index (χ1n) is 10.6. The summed E-state index contributed by atoms with van der Waals surface area (Å²) in [6.45, 7) is 1.81. The third-order valence-corrected chi connectivity index (χ3v) is 5.18. The number of amides is 2. The molecule has 0 radical (unpaired) electrons. The molecule has 2 amide bonds. The van der Waals surface area contributed by atoms with E-state index >= 15 is 0 Å². The Morgan fingerprint density at radius 1 is 0.576 bits per heavy atom. The normalized spacial score (nSPS) is 11.0. The summed E-state index contributed by atoms with van der Waals surface area (Å²) in [7, 11) is 0. The Labute approximate surface area is 192 Å². The zero-order valence-electron chi connectivity index (χ0n) is 18.2. The van der Waals surface area contributed by atoms with Gasteiger partial charge in [-0.15, -0.1) is 0 Å². The molecular formula is C28H23N3O2. The molecule has 0 unspecified atom stereocenters. The molecule has 162 valence electrons. The van der Waals surface area contributed by atoms with Crippen molar-refractivity contribution >= 4 is 23.2 Å². The standard InChI is InChI=1S/C28H23N3O2/c1-20(30-31-28(33)24-10-6-3-7-11-24)21-16-18-26(19-17-21)29-27(32)25-14-12-23(13-15-25)22-8-4-2-5-9-22/h2-19H,1H3,(H,29,32)(H,31,33)/b30-20+. The highest BCUT2D eigenvalue weighted by atomic mass is 16.2. The monoisotopic (exact) mass is 433 g/mol. The van der Waals surface area contributed by atoms with Crippen molar-refractivity contribution in [1.29, 1.82) is 0 Å². The van der Waals surface area contributed by atoms with E-state index in [4.69, 9.17) is 0 Å². The lowest BCUT2D eigenvalue weighted by molar-refractivity contribution is 0.0954. The van der Waals surface area contributed by atoms with Crippen LogP contribution >= 0.6 is 0 Å². The van der Waals surface area contributed by atoms with E-state index in [2.05, 4.69) is 15.8 Å². The third-order valence-electron chi connectivity index (χ3n) is 5.18. The summed E-state index contributed by atoms with van der Waals surface area (Å²) in [6.07, 6.45) is 0. The molecule has 4 rings (SSSR count). The number of benzene rings is 4. The maximum atomic E-state index is 12.6. The Morgan fingerprint density at radius 2 is 1.09 bits per heavy atom. The topological polar surface area (TPSA) is 70.6 Å². The van der Waals surface area contributed by atoms with Crippen molar-refractivity contribution in [2.45, 2.75) is 6.92 Å². The lowest BCUT2D eigenvalue weighted by Gasteiger charge is -2.08. The summed E-state index contributed by atoms with van der Waals surface area (Å²) in [5.41, 5.74) is 8.04. The lowest BCUT2D eigenvalue weighted by Crippen LogP contribution is -2.19. The summed E-state index contributed by atoms with van der Waals surface area (Å²) in [6, 6.07) is 33.8. The van der Waals surface area contributed by atoms with Crippen LogP contribution in [-0.4, -0.2) is 17.5 Å². The second-order valence-corrected chi connectivity index (χ2v) is 7.48. The van der Waals surface area contributed by atoms with Crippen molar-refractivity contribution in [3.63, 3.8) is 0 Å². The highest BCUT2D eigenvalue weighted by molar-refractivity contribution is 6.05. The van der Waals surface area contributed by atoms with Crippen LogP contribution in [0.3, 0.4) is 0 Å². The molecule has 0 heterocycles. The van der Waals surface area contributed by atoms with E-state index in [1.54, 1.807) is 24.3 Å². The molecule has 5 heteroatoms. The Bertz CT molecular complexity index is 1260. The van der Waals surface area contributed by atoms with Gasteiger partial charge in [-0.25, -0.2) is 5.43 Å². The minimum Gasteiger partial charge on any atom is -0.322 e. The van der Waals surface area contributed by atoms with Crippen LogP contribution in [-0.2, 0) is 0 Å². The molecule has 0 aromatic heterocycles. The van der Waals surface area contributed by atoms with E-state index in [1.807, 2.05) is 91.9 Å². The first-order chi connectivity index (χ1) is 16.1. The Hall–Kier alpha value is -4.51. The maximum absolute atomic E-state index is 12.6. The van der Waals surface area contributed by atoms with Crippen LogP contribution in [0.4, 0.5) is 5.69 Å². The number of nitrogens with zero attached hydrogens (tertiary/aromatic N) is 1. The van der Waals surface area contributed by atoms with Crippen LogP contribution in [0.2, 0.25) is 0 Å². The van der Waals surface area contributed by atoms with Gasteiger partial charge in [0.1, 0.15) is 0 Å². The Kier molecular flexibility index (Phi) is 6.71.